The number of carbonyl (C=O) groups excluding carboxylic acids is 1. The van der Waals surface area contributed by atoms with Crippen molar-refractivity contribution in [1.29, 1.82) is 0 Å². The third-order valence-electron chi connectivity index (χ3n) is 5.33. The van der Waals surface area contributed by atoms with Crippen molar-refractivity contribution in [1.82, 2.24) is 25.0 Å². The van der Waals surface area contributed by atoms with Gasteiger partial charge in [0.15, 0.2) is 0 Å². The summed E-state index contributed by atoms with van der Waals surface area (Å²) in [6, 6.07) is -0.122. The van der Waals surface area contributed by atoms with Crippen molar-refractivity contribution in [2.75, 3.05) is 13.1 Å². The second-order valence-corrected chi connectivity index (χ2v) is 8.50. The number of carbonyl (C=O) groups is 1. The summed E-state index contributed by atoms with van der Waals surface area (Å²) in [6.45, 7) is 3.07. The molecule has 4 rings (SSSR count). The van der Waals surface area contributed by atoms with Crippen molar-refractivity contribution in [2.45, 2.75) is 44.4 Å². The zero-order chi connectivity index (χ0) is 18.1. The number of likely N-dealkylation sites (tertiary alicyclic amines) is 1. The number of nitrogens with zero attached hydrogens (tertiary/aromatic N) is 4. The summed E-state index contributed by atoms with van der Waals surface area (Å²) < 4.78 is 1.74. The minimum Gasteiger partial charge on any atom is -0.393 e. The molecule has 0 unspecified atom stereocenters. The summed E-state index contributed by atoms with van der Waals surface area (Å²) in [6.07, 6.45) is 9.07. The van der Waals surface area contributed by atoms with Gasteiger partial charge in [-0.3, -0.25) is 14.4 Å². The lowest BCUT2D eigenvalue weighted by Crippen LogP contribution is -2.41. The van der Waals surface area contributed by atoms with Crippen molar-refractivity contribution in [3.63, 3.8) is 0 Å². The van der Waals surface area contributed by atoms with Crippen molar-refractivity contribution >= 4 is 17.2 Å². The number of aryl methyl sites for hydroxylation is 1. The molecule has 0 spiro atoms. The van der Waals surface area contributed by atoms with E-state index in [1.807, 2.05) is 13.2 Å². The maximum absolute atomic E-state index is 12.8. The molecule has 2 N–H and O–H groups in total. The van der Waals surface area contributed by atoms with E-state index in [4.69, 9.17) is 0 Å². The van der Waals surface area contributed by atoms with Gasteiger partial charge in [-0.1, -0.05) is 0 Å². The molecule has 140 valence electrons. The van der Waals surface area contributed by atoms with Gasteiger partial charge in [0.2, 0.25) is 0 Å². The van der Waals surface area contributed by atoms with E-state index in [0.29, 0.717) is 17.7 Å². The number of rotatable bonds is 6. The quantitative estimate of drug-likeness (QED) is 0.803. The lowest BCUT2D eigenvalue weighted by atomic mass is 9.75. The summed E-state index contributed by atoms with van der Waals surface area (Å²) in [7, 11) is 1.87. The number of aliphatic hydroxyl groups is 1. The number of aliphatic hydroxyl groups excluding tert-OH is 1. The highest BCUT2D eigenvalue weighted by molar-refractivity contribution is 7.13. The monoisotopic (exact) mass is 375 g/mol. The fraction of sp³-hybridized carbons (Fsp3) is 0.611. The molecule has 2 fully saturated rings. The Labute approximate surface area is 157 Å². The first-order valence-electron chi connectivity index (χ1n) is 9.23. The van der Waals surface area contributed by atoms with Gasteiger partial charge in [0, 0.05) is 18.8 Å². The summed E-state index contributed by atoms with van der Waals surface area (Å²) >= 11 is 1.47. The molecular formula is C18H25N5O2S. The molecule has 3 heterocycles. The van der Waals surface area contributed by atoms with Gasteiger partial charge in [-0.15, -0.1) is 11.3 Å². The van der Waals surface area contributed by atoms with Crippen LogP contribution in [0.5, 0.6) is 0 Å². The zero-order valence-corrected chi connectivity index (χ0v) is 15.8. The van der Waals surface area contributed by atoms with Crippen LogP contribution in [0.2, 0.25) is 0 Å². The van der Waals surface area contributed by atoms with Gasteiger partial charge in [-0.05, 0) is 44.7 Å². The van der Waals surface area contributed by atoms with Crippen LogP contribution in [0.4, 0.5) is 0 Å². The maximum atomic E-state index is 12.8. The second kappa shape index (κ2) is 7.46. The highest BCUT2D eigenvalue weighted by Crippen LogP contribution is 2.38. The molecule has 26 heavy (non-hydrogen) atoms. The fourth-order valence-corrected chi connectivity index (χ4v) is 4.67. The number of hydrogen-bond donors (Lipinski definition) is 2. The van der Waals surface area contributed by atoms with Gasteiger partial charge in [0.05, 0.1) is 31.1 Å². The van der Waals surface area contributed by atoms with Crippen LogP contribution >= 0.6 is 11.3 Å². The van der Waals surface area contributed by atoms with E-state index in [2.05, 4.69) is 20.3 Å². The lowest BCUT2D eigenvalue weighted by Gasteiger charge is -2.37. The Morgan fingerprint density at radius 2 is 2.15 bits per heavy atom. The largest absolute Gasteiger partial charge is 0.393 e. The van der Waals surface area contributed by atoms with Gasteiger partial charge in [-0.2, -0.15) is 5.10 Å². The van der Waals surface area contributed by atoms with Crippen molar-refractivity contribution in [3.8, 4) is 0 Å². The van der Waals surface area contributed by atoms with Crippen LogP contribution in [0, 0.1) is 5.92 Å². The Bertz CT molecular complexity index is 761. The van der Waals surface area contributed by atoms with Crippen molar-refractivity contribution in [3.05, 3.63) is 34.0 Å². The van der Waals surface area contributed by atoms with Gasteiger partial charge >= 0.3 is 0 Å². The van der Waals surface area contributed by atoms with Crippen molar-refractivity contribution in [2.24, 2.45) is 13.0 Å². The maximum Gasteiger partial charge on any atom is 0.263 e. The molecule has 1 aliphatic heterocycles. The van der Waals surface area contributed by atoms with E-state index >= 15 is 0 Å². The van der Waals surface area contributed by atoms with Crippen LogP contribution in [0.15, 0.2) is 18.6 Å². The molecular weight excluding hydrogens is 350 g/mol. The molecule has 0 radical (unpaired) electrons. The van der Waals surface area contributed by atoms with Gasteiger partial charge in [0.25, 0.3) is 5.91 Å². The van der Waals surface area contributed by atoms with Crippen LogP contribution in [0.3, 0.4) is 0 Å². The normalized spacial score (nSPS) is 24.4. The molecule has 2 aromatic heterocycles. The number of hydrogen-bond acceptors (Lipinski definition) is 6. The number of thiazole rings is 1. The van der Waals surface area contributed by atoms with E-state index in [9.17, 15) is 9.90 Å². The number of amides is 1. The zero-order valence-electron chi connectivity index (χ0n) is 15.0. The molecule has 0 bridgehead atoms. The van der Waals surface area contributed by atoms with Crippen LogP contribution in [0.25, 0.3) is 0 Å². The van der Waals surface area contributed by atoms with E-state index < -0.39 is 0 Å². The molecule has 1 saturated carbocycles. The van der Waals surface area contributed by atoms with Crippen molar-refractivity contribution < 1.29 is 9.90 Å². The minimum atomic E-state index is -0.258. The van der Waals surface area contributed by atoms with Gasteiger partial charge in [-0.25, -0.2) is 4.98 Å². The summed E-state index contributed by atoms with van der Waals surface area (Å²) in [5.74, 6) is 0.153. The van der Waals surface area contributed by atoms with Crippen LogP contribution in [0.1, 0.15) is 52.0 Å². The number of aromatic nitrogens is 3. The fourth-order valence-electron chi connectivity index (χ4n) is 3.81. The van der Waals surface area contributed by atoms with Crippen LogP contribution in [-0.4, -0.2) is 49.9 Å². The third-order valence-corrected chi connectivity index (χ3v) is 6.31. The van der Waals surface area contributed by atoms with Crippen LogP contribution < -0.4 is 5.32 Å². The molecule has 1 atom stereocenters. The van der Waals surface area contributed by atoms with E-state index in [0.717, 1.165) is 30.2 Å². The molecule has 1 saturated heterocycles. The highest BCUT2D eigenvalue weighted by atomic mass is 32.1. The smallest absolute Gasteiger partial charge is 0.263 e. The molecule has 2 aliphatic rings. The second-order valence-electron chi connectivity index (χ2n) is 7.39. The highest BCUT2D eigenvalue weighted by Gasteiger charge is 2.36. The predicted octanol–water partition coefficient (Wildman–Crippen LogP) is 1.71. The Kier molecular flexibility index (Phi) is 5.06. The molecule has 8 heteroatoms. The molecule has 0 aromatic carbocycles. The summed E-state index contributed by atoms with van der Waals surface area (Å²) in [5.41, 5.74) is 0.986. The topological polar surface area (TPSA) is 83.3 Å². The summed E-state index contributed by atoms with van der Waals surface area (Å²) in [5, 5.41) is 18.0. The summed E-state index contributed by atoms with van der Waals surface area (Å²) in [4.78, 5) is 20.2. The minimum absolute atomic E-state index is 0.0922. The first-order valence-corrected chi connectivity index (χ1v) is 10.0. The Balaban J connectivity index is 1.43. The average molecular weight is 375 g/mol. The van der Waals surface area contributed by atoms with Crippen LogP contribution in [-0.2, 0) is 13.6 Å². The first kappa shape index (κ1) is 17.6. The van der Waals surface area contributed by atoms with E-state index in [1.54, 1.807) is 17.1 Å². The Morgan fingerprint density at radius 3 is 2.81 bits per heavy atom. The van der Waals surface area contributed by atoms with E-state index in [1.165, 1.54) is 24.2 Å². The predicted molar refractivity (Wildman–Crippen MR) is 98.8 cm³/mol. The molecule has 1 amide bonds. The third kappa shape index (κ3) is 3.82. The SMILES string of the molecule is Cn1cc([C@@H](NC(=O)c2cnc(CN3CCCC3)s2)C2CC(O)C2)cn1. The Morgan fingerprint density at radius 1 is 1.38 bits per heavy atom. The standard InChI is InChI=1S/C18H25N5O2S/c1-22-10-13(8-20-22)17(12-6-14(24)7-12)21-18(25)15-9-19-16(26-15)11-23-4-2-3-5-23/h8-10,12,14,17,24H,2-7,11H2,1H3,(H,21,25)/t12?,14?,17-/m0/s1. The van der Waals surface area contributed by atoms with E-state index in [-0.39, 0.29) is 24.0 Å². The lowest BCUT2D eigenvalue weighted by molar-refractivity contribution is 0.0235. The molecule has 2 aromatic rings. The van der Waals surface area contributed by atoms with Gasteiger partial charge < -0.3 is 10.4 Å². The molecule has 1 aliphatic carbocycles. The average Bonchev–Trinajstić information content (AvgIpc) is 3.32. The molecule has 7 nitrogen and oxygen atoms in total. The Hall–Kier alpha value is -1.77. The number of nitrogens with one attached hydrogen (secondary N) is 1. The van der Waals surface area contributed by atoms with Gasteiger partial charge in [0.1, 0.15) is 9.88 Å². The first-order chi connectivity index (χ1) is 12.6.